The molecule has 0 aliphatic carbocycles. The molecule has 2 aliphatic heterocycles. The lowest BCUT2D eigenvalue weighted by Gasteiger charge is -2.35. The van der Waals surface area contributed by atoms with Crippen molar-refractivity contribution in [1.82, 2.24) is 10.2 Å². The fourth-order valence-electron chi connectivity index (χ4n) is 4.97. The third kappa shape index (κ3) is 5.63. The average Bonchev–Trinajstić information content (AvgIpc) is 3.03. The van der Waals surface area contributed by atoms with E-state index in [1.54, 1.807) is 24.3 Å². The lowest BCUT2D eigenvalue weighted by molar-refractivity contribution is -0.138. The van der Waals surface area contributed by atoms with Crippen LogP contribution in [0.4, 0.5) is 24.5 Å². The van der Waals surface area contributed by atoms with Crippen LogP contribution in [0.25, 0.3) is 11.1 Å². The number of aliphatic hydroxyl groups is 1. The first-order valence-corrected chi connectivity index (χ1v) is 12.7. The molecule has 2 amide bonds. The van der Waals surface area contributed by atoms with Crippen LogP contribution in [0.3, 0.4) is 0 Å². The van der Waals surface area contributed by atoms with E-state index in [0.717, 1.165) is 16.7 Å². The molecule has 2 aliphatic rings. The molecule has 1 fully saturated rings. The molecular formula is C28H27F3N4O5. The molecule has 5 rings (SSSR count). The van der Waals surface area contributed by atoms with Crippen molar-refractivity contribution in [1.29, 1.82) is 0 Å². The molecule has 0 radical (unpaired) electrons. The summed E-state index contributed by atoms with van der Waals surface area (Å²) in [7, 11) is 0. The fourth-order valence-corrected chi connectivity index (χ4v) is 4.97. The molecule has 2 aromatic carbocycles. The number of aromatic nitrogens is 2. The topological polar surface area (TPSA) is 114 Å². The largest absolute Gasteiger partial charge is 0.484 e. The predicted molar refractivity (Wildman–Crippen MR) is 139 cm³/mol. The molecule has 9 nitrogen and oxygen atoms in total. The van der Waals surface area contributed by atoms with Gasteiger partial charge in [0.05, 0.1) is 43.7 Å². The zero-order valence-electron chi connectivity index (χ0n) is 21.6. The second kappa shape index (κ2) is 10.9. The summed E-state index contributed by atoms with van der Waals surface area (Å²) in [5.74, 6) is -0.480. The normalized spacial score (nSPS) is 16.7. The first-order valence-electron chi connectivity index (χ1n) is 12.7. The van der Waals surface area contributed by atoms with Crippen LogP contribution in [0.2, 0.25) is 0 Å². The predicted octanol–water partition coefficient (Wildman–Crippen LogP) is 4.38. The maximum atomic E-state index is 13.2. The highest BCUT2D eigenvalue weighted by atomic mass is 19.4. The first-order chi connectivity index (χ1) is 19.1. The van der Waals surface area contributed by atoms with Gasteiger partial charge < -0.3 is 24.8 Å². The molecular weight excluding hydrogens is 529 g/mol. The van der Waals surface area contributed by atoms with E-state index in [1.807, 2.05) is 19.1 Å². The average molecular weight is 557 g/mol. The number of hydrogen-bond donors (Lipinski definition) is 2. The van der Waals surface area contributed by atoms with Crippen LogP contribution in [0.5, 0.6) is 5.75 Å². The van der Waals surface area contributed by atoms with E-state index in [2.05, 4.69) is 15.5 Å². The highest BCUT2D eigenvalue weighted by Crippen LogP contribution is 2.43. The summed E-state index contributed by atoms with van der Waals surface area (Å²) in [6.45, 7) is 2.74. The molecule has 0 atom stereocenters. The molecule has 1 aromatic heterocycles. The number of carbonyl (C=O) groups excluding carboxylic acids is 2. The van der Waals surface area contributed by atoms with Gasteiger partial charge in [-0.05, 0) is 53.9 Å². The Kier molecular flexibility index (Phi) is 7.47. The summed E-state index contributed by atoms with van der Waals surface area (Å²) in [5.41, 5.74) is 0.994. The van der Waals surface area contributed by atoms with E-state index in [-0.39, 0.29) is 25.5 Å². The van der Waals surface area contributed by atoms with Gasteiger partial charge >= 0.3 is 6.18 Å². The maximum absolute atomic E-state index is 13.2. The summed E-state index contributed by atoms with van der Waals surface area (Å²) < 4.78 is 51.2. The van der Waals surface area contributed by atoms with Crippen molar-refractivity contribution >= 4 is 23.2 Å². The first kappa shape index (κ1) is 27.5. The molecule has 40 heavy (non-hydrogen) atoms. The van der Waals surface area contributed by atoms with Crippen LogP contribution in [-0.2, 0) is 15.7 Å². The highest BCUT2D eigenvalue weighted by Gasteiger charge is 2.42. The van der Waals surface area contributed by atoms with Gasteiger partial charge in [0.15, 0.2) is 5.69 Å². The Morgan fingerprint density at radius 2 is 1.93 bits per heavy atom. The number of aliphatic hydroxyl groups excluding tert-OH is 1. The number of amides is 2. The Morgan fingerprint density at radius 1 is 1.15 bits per heavy atom. The summed E-state index contributed by atoms with van der Waals surface area (Å²) in [6, 6.07) is 11.2. The zero-order valence-corrected chi connectivity index (χ0v) is 21.6. The van der Waals surface area contributed by atoms with E-state index >= 15 is 0 Å². The number of nitrogens with zero attached hydrogens (tertiary/aromatic N) is 3. The summed E-state index contributed by atoms with van der Waals surface area (Å²) in [6.07, 6.45) is -2.83. The van der Waals surface area contributed by atoms with E-state index < -0.39 is 28.9 Å². The minimum atomic E-state index is -4.66. The number of ether oxygens (including phenoxy) is 2. The van der Waals surface area contributed by atoms with E-state index in [9.17, 15) is 27.9 Å². The van der Waals surface area contributed by atoms with Gasteiger partial charge in [0.25, 0.3) is 5.91 Å². The van der Waals surface area contributed by atoms with Gasteiger partial charge in [-0.25, -0.2) is 0 Å². The number of β-amino-alcohol motifs (C(OH)–C–C–N with tert-alkyl or cyclic N) is 1. The number of rotatable bonds is 5. The Bertz CT molecular complexity index is 1440. The van der Waals surface area contributed by atoms with Gasteiger partial charge in [0, 0.05) is 25.1 Å². The monoisotopic (exact) mass is 556 g/mol. The van der Waals surface area contributed by atoms with Crippen molar-refractivity contribution in [3.63, 3.8) is 0 Å². The molecule has 1 spiro atoms. The van der Waals surface area contributed by atoms with Crippen molar-refractivity contribution in [3.05, 3.63) is 65.5 Å². The van der Waals surface area contributed by atoms with Crippen LogP contribution in [0, 0.1) is 6.92 Å². The minimum Gasteiger partial charge on any atom is -0.484 e. The standard InChI is InChI=1S/C28H27F3N4O5/c1-17-2-4-20(33-26(38)22-13-19(16-32-34-22)28(29,30)31)14-21(17)18-3-5-23-24(12-18)40-27(6-10-39-11-7-27)15-25(37)35(23)8-9-36/h2-5,12-14,16,36H,6-11,15H2,1H3,(H,33,38). The number of halogens is 3. The van der Waals surface area contributed by atoms with Crippen molar-refractivity contribution in [2.24, 2.45) is 0 Å². The number of nitrogens with one attached hydrogen (secondary N) is 1. The smallest absolute Gasteiger partial charge is 0.418 e. The lowest BCUT2D eigenvalue weighted by Crippen LogP contribution is -2.45. The van der Waals surface area contributed by atoms with Gasteiger partial charge in [-0.15, -0.1) is 5.10 Å². The van der Waals surface area contributed by atoms with Crippen molar-refractivity contribution in [2.75, 3.05) is 36.6 Å². The molecule has 0 bridgehead atoms. The molecule has 12 heteroatoms. The van der Waals surface area contributed by atoms with Crippen LogP contribution < -0.4 is 15.0 Å². The number of hydrogen-bond acceptors (Lipinski definition) is 7. The maximum Gasteiger partial charge on any atom is 0.418 e. The van der Waals surface area contributed by atoms with Crippen LogP contribution >= 0.6 is 0 Å². The zero-order chi connectivity index (χ0) is 28.5. The molecule has 1 saturated heterocycles. The Labute approximate surface area is 227 Å². The number of fused-ring (bicyclic) bond motifs is 1. The molecule has 2 N–H and O–H groups in total. The van der Waals surface area contributed by atoms with Gasteiger partial charge in [-0.3, -0.25) is 9.59 Å². The van der Waals surface area contributed by atoms with Crippen LogP contribution in [0.15, 0.2) is 48.7 Å². The highest BCUT2D eigenvalue weighted by molar-refractivity contribution is 6.03. The molecule has 0 unspecified atom stereocenters. The molecule has 3 heterocycles. The van der Waals surface area contributed by atoms with Gasteiger partial charge in [0.2, 0.25) is 5.91 Å². The molecule has 3 aromatic rings. The lowest BCUT2D eigenvalue weighted by atomic mass is 9.90. The third-order valence-corrected chi connectivity index (χ3v) is 7.10. The number of aryl methyl sites for hydroxylation is 1. The quantitative estimate of drug-likeness (QED) is 0.480. The Balaban J connectivity index is 1.47. The third-order valence-electron chi connectivity index (χ3n) is 7.10. The Morgan fingerprint density at radius 3 is 2.65 bits per heavy atom. The van der Waals surface area contributed by atoms with Gasteiger partial charge in [-0.2, -0.15) is 18.3 Å². The second-order valence-corrected chi connectivity index (χ2v) is 9.84. The van der Waals surface area contributed by atoms with Crippen molar-refractivity contribution < 1.29 is 37.3 Å². The van der Waals surface area contributed by atoms with E-state index in [4.69, 9.17) is 9.47 Å². The molecule has 0 saturated carbocycles. The number of benzene rings is 2. The SMILES string of the molecule is Cc1ccc(NC(=O)c2cc(C(F)(F)F)cnn2)cc1-c1ccc2c(c1)OC1(CCOCC1)CC(=O)N2CCO. The number of carbonyl (C=O) groups is 2. The van der Waals surface area contributed by atoms with E-state index in [1.165, 1.54) is 4.90 Å². The number of alkyl halides is 3. The summed E-state index contributed by atoms with van der Waals surface area (Å²) in [4.78, 5) is 27.4. The number of anilines is 2. The molecule has 210 valence electrons. The van der Waals surface area contributed by atoms with E-state index in [0.29, 0.717) is 55.4 Å². The van der Waals surface area contributed by atoms with Crippen LogP contribution in [0.1, 0.15) is 40.9 Å². The van der Waals surface area contributed by atoms with Gasteiger partial charge in [0.1, 0.15) is 11.4 Å². The van der Waals surface area contributed by atoms with Crippen molar-refractivity contribution in [3.8, 4) is 16.9 Å². The second-order valence-electron chi connectivity index (χ2n) is 9.84. The van der Waals surface area contributed by atoms with Crippen LogP contribution in [-0.4, -0.2) is 59.1 Å². The van der Waals surface area contributed by atoms with Crippen molar-refractivity contribution in [2.45, 2.75) is 38.0 Å². The summed E-state index contributed by atoms with van der Waals surface area (Å²) >= 11 is 0. The Hall–Kier alpha value is -4.03. The van der Waals surface area contributed by atoms with Gasteiger partial charge in [-0.1, -0.05) is 12.1 Å². The summed E-state index contributed by atoms with van der Waals surface area (Å²) in [5, 5.41) is 19.0. The minimum absolute atomic E-state index is 0.125. The fraction of sp³-hybridized carbons (Fsp3) is 0.357.